The fourth-order valence-corrected chi connectivity index (χ4v) is 4.52. The van der Waals surface area contributed by atoms with Crippen LogP contribution in [0.4, 0.5) is 18.3 Å². The molecule has 0 amide bonds. The van der Waals surface area contributed by atoms with Gasteiger partial charge in [0.25, 0.3) is 0 Å². The first-order chi connectivity index (χ1) is 13.4. The van der Waals surface area contributed by atoms with Gasteiger partial charge in [-0.25, -0.2) is 4.98 Å². The van der Waals surface area contributed by atoms with Crippen LogP contribution in [0.1, 0.15) is 31.9 Å². The van der Waals surface area contributed by atoms with Gasteiger partial charge in [-0.2, -0.15) is 13.2 Å². The van der Waals surface area contributed by atoms with Crippen molar-refractivity contribution in [1.82, 2.24) is 20.5 Å². The number of hydrogen-bond donors (Lipinski definition) is 2. The van der Waals surface area contributed by atoms with Crippen LogP contribution < -0.4 is 15.5 Å². The molecule has 0 bridgehead atoms. The van der Waals surface area contributed by atoms with Crippen molar-refractivity contribution in [3.05, 3.63) is 11.1 Å². The molecule has 29 heavy (non-hydrogen) atoms. The Morgan fingerprint density at radius 2 is 2.07 bits per heavy atom. The Bertz CT molecular complexity index is 648. The number of nitrogens with zero attached hydrogens (tertiary/aromatic N) is 4. The molecule has 0 aliphatic carbocycles. The third-order valence-corrected chi connectivity index (χ3v) is 5.86. The third-order valence-electron chi connectivity index (χ3n) is 4.91. The summed E-state index contributed by atoms with van der Waals surface area (Å²) in [5.74, 6) is 0.663. The maximum atomic E-state index is 12.5. The standard InChI is InChI=1S/C18H29F3N6S.HI/c1-2-22-16(24-14-6-10-26(11-14)13-18(19,20)21)23-7-5-15-12-28-17(25-15)27-8-3-4-9-27;/h12,14H,2-11,13H2,1H3,(H2,22,23,24);1H. The lowest BCUT2D eigenvalue weighted by Gasteiger charge is -2.19. The molecular weight excluding hydrogens is 516 g/mol. The fraction of sp³-hybridized carbons (Fsp3) is 0.778. The average Bonchev–Trinajstić information content (AvgIpc) is 3.35. The minimum absolute atomic E-state index is 0. The van der Waals surface area contributed by atoms with Crippen molar-refractivity contribution >= 4 is 46.4 Å². The van der Waals surface area contributed by atoms with Crippen LogP contribution in [0.15, 0.2) is 10.4 Å². The lowest BCUT2D eigenvalue weighted by atomic mass is 10.3. The molecule has 1 aromatic heterocycles. The summed E-state index contributed by atoms with van der Waals surface area (Å²) >= 11 is 1.68. The van der Waals surface area contributed by atoms with Gasteiger partial charge < -0.3 is 15.5 Å². The van der Waals surface area contributed by atoms with E-state index in [4.69, 9.17) is 4.98 Å². The van der Waals surface area contributed by atoms with Gasteiger partial charge in [-0.15, -0.1) is 35.3 Å². The van der Waals surface area contributed by atoms with Crippen molar-refractivity contribution in [1.29, 1.82) is 0 Å². The molecule has 1 aromatic rings. The van der Waals surface area contributed by atoms with E-state index in [-0.39, 0.29) is 30.0 Å². The topological polar surface area (TPSA) is 55.8 Å². The Morgan fingerprint density at radius 1 is 1.31 bits per heavy atom. The number of anilines is 1. The SMILES string of the molecule is CCNC(=NCCc1csc(N2CCCC2)n1)NC1CCN(CC(F)(F)F)C1.I. The normalized spacial score (nSPS) is 20.8. The molecule has 1 atom stereocenters. The molecule has 166 valence electrons. The maximum absolute atomic E-state index is 12.5. The Hall–Kier alpha value is -0.820. The zero-order chi connectivity index (χ0) is 20.0. The molecule has 6 nitrogen and oxygen atoms in total. The van der Waals surface area contributed by atoms with Gasteiger partial charge in [0.2, 0.25) is 0 Å². The highest BCUT2D eigenvalue weighted by atomic mass is 127. The lowest BCUT2D eigenvalue weighted by molar-refractivity contribution is -0.143. The average molecular weight is 546 g/mol. The van der Waals surface area contributed by atoms with E-state index in [2.05, 4.69) is 25.9 Å². The summed E-state index contributed by atoms with van der Waals surface area (Å²) in [4.78, 5) is 13.1. The molecule has 2 fully saturated rings. The molecule has 2 aliphatic rings. The molecule has 0 saturated carbocycles. The number of likely N-dealkylation sites (tertiary alicyclic amines) is 1. The molecule has 11 heteroatoms. The Balaban J connectivity index is 0.00000300. The van der Waals surface area contributed by atoms with Crippen LogP contribution in [0.3, 0.4) is 0 Å². The predicted molar refractivity (Wildman–Crippen MR) is 123 cm³/mol. The summed E-state index contributed by atoms with van der Waals surface area (Å²) in [7, 11) is 0. The zero-order valence-electron chi connectivity index (χ0n) is 16.7. The molecule has 2 aliphatic heterocycles. The van der Waals surface area contributed by atoms with E-state index < -0.39 is 12.7 Å². The Labute approximate surface area is 191 Å². The summed E-state index contributed by atoms with van der Waals surface area (Å²) < 4.78 is 37.6. The number of alkyl halides is 3. The molecule has 3 rings (SSSR count). The number of aromatic nitrogens is 1. The minimum Gasteiger partial charge on any atom is -0.357 e. The molecule has 1 unspecified atom stereocenters. The van der Waals surface area contributed by atoms with E-state index in [1.165, 1.54) is 17.7 Å². The summed E-state index contributed by atoms with van der Waals surface area (Å²) in [5.41, 5.74) is 1.05. The summed E-state index contributed by atoms with van der Waals surface area (Å²) in [6.07, 6.45) is -0.233. The predicted octanol–water partition coefficient (Wildman–Crippen LogP) is 3.10. The van der Waals surface area contributed by atoms with Gasteiger partial charge in [-0.1, -0.05) is 0 Å². The number of guanidine groups is 1. The van der Waals surface area contributed by atoms with Gasteiger partial charge in [0.1, 0.15) is 0 Å². The van der Waals surface area contributed by atoms with Crippen LogP contribution >= 0.6 is 35.3 Å². The molecule has 0 spiro atoms. The minimum atomic E-state index is -4.14. The van der Waals surface area contributed by atoms with Gasteiger partial charge in [0.05, 0.1) is 12.2 Å². The van der Waals surface area contributed by atoms with Crippen LogP contribution in [0.25, 0.3) is 0 Å². The number of aliphatic imine (C=N–C) groups is 1. The van der Waals surface area contributed by atoms with Crippen LogP contribution in [0, 0.1) is 0 Å². The van der Waals surface area contributed by atoms with E-state index in [0.717, 1.165) is 30.3 Å². The molecule has 3 heterocycles. The van der Waals surface area contributed by atoms with E-state index in [1.54, 1.807) is 11.3 Å². The number of halogens is 4. The number of rotatable bonds is 7. The van der Waals surface area contributed by atoms with Crippen molar-refractivity contribution in [2.75, 3.05) is 50.7 Å². The second-order valence-corrected chi connectivity index (χ2v) is 8.14. The summed E-state index contributed by atoms with van der Waals surface area (Å²) in [5, 5.41) is 9.64. The zero-order valence-corrected chi connectivity index (χ0v) is 19.8. The molecular formula is C18H30F3IN6S. The second kappa shape index (κ2) is 11.5. The molecule has 2 saturated heterocycles. The van der Waals surface area contributed by atoms with Crippen LogP contribution in [0.5, 0.6) is 0 Å². The Morgan fingerprint density at radius 3 is 2.76 bits per heavy atom. The number of nitrogens with one attached hydrogen (secondary N) is 2. The molecule has 0 aromatic carbocycles. The molecule has 2 N–H and O–H groups in total. The second-order valence-electron chi connectivity index (χ2n) is 7.31. The lowest BCUT2D eigenvalue weighted by Crippen LogP contribution is -2.45. The van der Waals surface area contributed by atoms with Crippen molar-refractivity contribution in [2.24, 2.45) is 4.99 Å². The first-order valence-corrected chi connectivity index (χ1v) is 10.8. The van der Waals surface area contributed by atoms with Crippen LogP contribution in [-0.2, 0) is 6.42 Å². The van der Waals surface area contributed by atoms with Crippen LogP contribution in [0.2, 0.25) is 0 Å². The van der Waals surface area contributed by atoms with Crippen molar-refractivity contribution < 1.29 is 13.2 Å². The first kappa shape index (κ1) is 24.4. The van der Waals surface area contributed by atoms with Gasteiger partial charge in [-0.05, 0) is 26.2 Å². The van der Waals surface area contributed by atoms with Crippen molar-refractivity contribution in [3.63, 3.8) is 0 Å². The van der Waals surface area contributed by atoms with Gasteiger partial charge in [-0.3, -0.25) is 9.89 Å². The summed E-state index contributed by atoms with van der Waals surface area (Å²) in [6, 6.07) is -0.0128. The van der Waals surface area contributed by atoms with E-state index in [1.807, 2.05) is 6.92 Å². The van der Waals surface area contributed by atoms with E-state index in [0.29, 0.717) is 38.6 Å². The largest absolute Gasteiger partial charge is 0.401 e. The summed E-state index contributed by atoms with van der Waals surface area (Å²) in [6.45, 7) is 5.45. The monoisotopic (exact) mass is 546 g/mol. The van der Waals surface area contributed by atoms with Gasteiger partial charge in [0, 0.05) is 57.1 Å². The first-order valence-electron chi connectivity index (χ1n) is 9.96. The van der Waals surface area contributed by atoms with E-state index in [9.17, 15) is 13.2 Å². The fourth-order valence-electron chi connectivity index (χ4n) is 3.61. The molecule has 0 radical (unpaired) electrons. The maximum Gasteiger partial charge on any atom is 0.401 e. The highest BCUT2D eigenvalue weighted by Crippen LogP contribution is 2.24. The van der Waals surface area contributed by atoms with E-state index >= 15 is 0 Å². The van der Waals surface area contributed by atoms with Crippen LogP contribution in [-0.4, -0.2) is 73.9 Å². The van der Waals surface area contributed by atoms with Gasteiger partial charge in [0.15, 0.2) is 11.1 Å². The van der Waals surface area contributed by atoms with Crippen molar-refractivity contribution in [2.45, 2.75) is 44.8 Å². The highest BCUT2D eigenvalue weighted by molar-refractivity contribution is 14.0. The van der Waals surface area contributed by atoms with Gasteiger partial charge >= 0.3 is 6.18 Å². The highest BCUT2D eigenvalue weighted by Gasteiger charge is 2.34. The Kier molecular flexibility index (Phi) is 9.73. The number of thiazole rings is 1. The quantitative estimate of drug-likeness (QED) is 0.313. The smallest absolute Gasteiger partial charge is 0.357 e. The van der Waals surface area contributed by atoms with Crippen molar-refractivity contribution in [3.8, 4) is 0 Å². The third kappa shape index (κ3) is 8.08. The number of hydrogen-bond acceptors (Lipinski definition) is 5.